The minimum absolute atomic E-state index is 0.156. The quantitative estimate of drug-likeness (QED) is 0.732. The molecule has 2 amide bonds. The summed E-state index contributed by atoms with van der Waals surface area (Å²) in [6, 6.07) is 2.67. The topological polar surface area (TPSA) is 101 Å². The van der Waals surface area contributed by atoms with Crippen LogP contribution in [0.5, 0.6) is 5.75 Å². The van der Waals surface area contributed by atoms with E-state index in [1.165, 1.54) is 0 Å². The summed E-state index contributed by atoms with van der Waals surface area (Å²) in [4.78, 5) is 17.5. The number of aromatic nitrogens is 1. The monoisotopic (exact) mass is 306 g/mol. The number of rotatable bonds is 4. The van der Waals surface area contributed by atoms with Crippen molar-refractivity contribution in [2.75, 3.05) is 13.1 Å². The Morgan fingerprint density at radius 1 is 1.45 bits per heavy atom. The minimum atomic E-state index is -0.671. The number of ether oxygens (including phenoxy) is 1. The Bertz CT molecular complexity index is 507. The van der Waals surface area contributed by atoms with Crippen LogP contribution in [-0.2, 0) is 0 Å². The second kappa shape index (κ2) is 6.50. The standard InChI is InChI=1S/C15H22N4O3/c16-15(21)18-11-8-12(22-10-4-3-5-17-9-10)14(20)13(11)19-6-1-2-7-19/h3-5,9,11-14,20H,1-2,6-8H2,(H3,16,18,21)/t11-,12-,13+,14+/m1/s1. The van der Waals surface area contributed by atoms with Gasteiger partial charge in [0.05, 0.1) is 18.3 Å². The highest BCUT2D eigenvalue weighted by Gasteiger charge is 2.47. The molecule has 3 rings (SSSR count). The molecule has 1 aromatic heterocycles. The predicted octanol–water partition coefficient (Wildman–Crippen LogP) is 0.0949. The second-order valence-electron chi connectivity index (χ2n) is 5.92. The summed E-state index contributed by atoms with van der Waals surface area (Å²) in [5, 5.41) is 13.4. The van der Waals surface area contributed by atoms with E-state index in [0.29, 0.717) is 12.2 Å². The van der Waals surface area contributed by atoms with Crippen LogP contribution in [0.1, 0.15) is 19.3 Å². The zero-order valence-corrected chi connectivity index (χ0v) is 12.4. The summed E-state index contributed by atoms with van der Waals surface area (Å²) in [5.74, 6) is 0.617. The normalized spacial score (nSPS) is 32.0. The van der Waals surface area contributed by atoms with Crippen LogP contribution in [0.4, 0.5) is 4.79 Å². The molecule has 4 atom stereocenters. The van der Waals surface area contributed by atoms with Gasteiger partial charge in [0.25, 0.3) is 0 Å². The average Bonchev–Trinajstić information content (AvgIpc) is 3.09. The van der Waals surface area contributed by atoms with Crippen molar-refractivity contribution in [2.45, 2.75) is 43.6 Å². The molecule has 0 aromatic carbocycles. The van der Waals surface area contributed by atoms with Gasteiger partial charge in [0.1, 0.15) is 18.0 Å². The average molecular weight is 306 g/mol. The van der Waals surface area contributed by atoms with Gasteiger partial charge < -0.3 is 20.9 Å². The Morgan fingerprint density at radius 3 is 2.86 bits per heavy atom. The molecule has 1 saturated heterocycles. The molecule has 4 N–H and O–H groups in total. The Balaban J connectivity index is 1.74. The van der Waals surface area contributed by atoms with Gasteiger partial charge >= 0.3 is 6.03 Å². The molecule has 1 aliphatic carbocycles. The van der Waals surface area contributed by atoms with Crippen molar-refractivity contribution in [3.63, 3.8) is 0 Å². The van der Waals surface area contributed by atoms with Crippen LogP contribution in [0.15, 0.2) is 24.5 Å². The largest absolute Gasteiger partial charge is 0.486 e. The van der Waals surface area contributed by atoms with Crippen molar-refractivity contribution in [1.82, 2.24) is 15.2 Å². The van der Waals surface area contributed by atoms with Gasteiger partial charge in [-0.25, -0.2) is 4.79 Å². The molecule has 22 heavy (non-hydrogen) atoms. The molecule has 1 saturated carbocycles. The number of hydrogen-bond donors (Lipinski definition) is 3. The number of hydrogen-bond acceptors (Lipinski definition) is 5. The lowest BCUT2D eigenvalue weighted by molar-refractivity contribution is 0.0142. The van der Waals surface area contributed by atoms with E-state index in [-0.39, 0.29) is 18.2 Å². The highest BCUT2D eigenvalue weighted by molar-refractivity contribution is 5.72. The summed E-state index contributed by atoms with van der Waals surface area (Å²) in [5.41, 5.74) is 5.28. The number of carbonyl (C=O) groups is 1. The fourth-order valence-corrected chi connectivity index (χ4v) is 3.53. The van der Waals surface area contributed by atoms with Gasteiger partial charge in [-0.2, -0.15) is 0 Å². The van der Waals surface area contributed by atoms with Gasteiger partial charge in [0.2, 0.25) is 0 Å². The first kappa shape index (κ1) is 15.1. The third-order valence-electron chi connectivity index (χ3n) is 4.44. The van der Waals surface area contributed by atoms with E-state index in [4.69, 9.17) is 10.5 Å². The van der Waals surface area contributed by atoms with Gasteiger partial charge in [-0.1, -0.05) is 0 Å². The summed E-state index contributed by atoms with van der Waals surface area (Å²) >= 11 is 0. The third kappa shape index (κ3) is 3.15. The fourth-order valence-electron chi connectivity index (χ4n) is 3.53. The molecule has 0 spiro atoms. The number of nitrogens with zero attached hydrogens (tertiary/aromatic N) is 2. The lowest BCUT2D eigenvalue weighted by Gasteiger charge is -2.31. The molecule has 1 aromatic rings. The number of aliphatic hydroxyl groups is 1. The van der Waals surface area contributed by atoms with Crippen LogP contribution in [0, 0.1) is 0 Å². The number of likely N-dealkylation sites (tertiary alicyclic amines) is 1. The van der Waals surface area contributed by atoms with Crippen molar-refractivity contribution >= 4 is 6.03 Å². The molecule has 7 heteroatoms. The Kier molecular flexibility index (Phi) is 4.44. The molecule has 7 nitrogen and oxygen atoms in total. The van der Waals surface area contributed by atoms with E-state index in [2.05, 4.69) is 15.2 Å². The summed E-state index contributed by atoms with van der Waals surface area (Å²) in [7, 11) is 0. The molecular formula is C15H22N4O3. The number of urea groups is 1. The smallest absolute Gasteiger partial charge is 0.312 e. The molecule has 2 aliphatic rings. The SMILES string of the molecule is NC(=O)N[C@@H]1C[C@@H](Oc2cccnc2)[C@H](O)[C@H]1N1CCCC1. The Hall–Kier alpha value is -1.86. The fraction of sp³-hybridized carbons (Fsp3) is 0.600. The van der Waals surface area contributed by atoms with E-state index < -0.39 is 12.1 Å². The Labute approximate surface area is 129 Å². The van der Waals surface area contributed by atoms with Gasteiger partial charge in [-0.15, -0.1) is 0 Å². The van der Waals surface area contributed by atoms with Crippen molar-refractivity contribution in [3.8, 4) is 5.75 Å². The highest BCUT2D eigenvalue weighted by Crippen LogP contribution is 2.30. The summed E-state index contributed by atoms with van der Waals surface area (Å²) < 4.78 is 5.86. The second-order valence-corrected chi connectivity index (χ2v) is 5.92. The zero-order valence-electron chi connectivity index (χ0n) is 12.4. The Morgan fingerprint density at radius 2 is 2.23 bits per heavy atom. The highest BCUT2D eigenvalue weighted by atomic mass is 16.5. The zero-order chi connectivity index (χ0) is 15.5. The number of carbonyl (C=O) groups excluding carboxylic acids is 1. The van der Waals surface area contributed by atoms with Crippen molar-refractivity contribution < 1.29 is 14.6 Å². The first-order chi connectivity index (χ1) is 10.6. The van der Waals surface area contributed by atoms with Gasteiger partial charge in [-0.05, 0) is 38.1 Å². The van der Waals surface area contributed by atoms with Crippen LogP contribution in [0.3, 0.4) is 0 Å². The summed E-state index contributed by atoms with van der Waals surface area (Å²) in [6.07, 6.45) is 4.98. The number of pyridine rings is 1. The van der Waals surface area contributed by atoms with Crippen LogP contribution in [-0.4, -0.2) is 58.4 Å². The number of aliphatic hydroxyl groups excluding tert-OH is 1. The molecule has 2 fully saturated rings. The first-order valence-corrected chi connectivity index (χ1v) is 7.70. The molecular weight excluding hydrogens is 284 g/mol. The van der Waals surface area contributed by atoms with Gasteiger partial charge in [-0.3, -0.25) is 9.88 Å². The van der Waals surface area contributed by atoms with E-state index >= 15 is 0 Å². The van der Waals surface area contributed by atoms with Gasteiger partial charge in [0, 0.05) is 12.6 Å². The molecule has 120 valence electrons. The van der Waals surface area contributed by atoms with Crippen LogP contribution >= 0.6 is 0 Å². The van der Waals surface area contributed by atoms with E-state index in [0.717, 1.165) is 25.9 Å². The van der Waals surface area contributed by atoms with Crippen molar-refractivity contribution in [3.05, 3.63) is 24.5 Å². The van der Waals surface area contributed by atoms with Crippen LogP contribution in [0.2, 0.25) is 0 Å². The lowest BCUT2D eigenvalue weighted by Crippen LogP contribution is -2.53. The van der Waals surface area contributed by atoms with E-state index in [1.54, 1.807) is 24.5 Å². The molecule has 2 heterocycles. The van der Waals surface area contributed by atoms with E-state index in [1.807, 2.05) is 0 Å². The summed E-state index contributed by atoms with van der Waals surface area (Å²) in [6.45, 7) is 1.86. The number of nitrogens with one attached hydrogen (secondary N) is 1. The molecule has 0 unspecified atom stereocenters. The first-order valence-electron chi connectivity index (χ1n) is 7.70. The number of nitrogens with two attached hydrogens (primary N) is 1. The third-order valence-corrected chi connectivity index (χ3v) is 4.44. The maximum Gasteiger partial charge on any atom is 0.312 e. The molecule has 1 aliphatic heterocycles. The van der Waals surface area contributed by atoms with Crippen LogP contribution < -0.4 is 15.8 Å². The van der Waals surface area contributed by atoms with Gasteiger partial charge in [0.15, 0.2) is 0 Å². The predicted molar refractivity (Wildman–Crippen MR) is 80.4 cm³/mol. The minimum Gasteiger partial charge on any atom is -0.486 e. The maximum atomic E-state index is 11.2. The molecule has 0 radical (unpaired) electrons. The van der Waals surface area contributed by atoms with Crippen molar-refractivity contribution in [1.29, 1.82) is 0 Å². The van der Waals surface area contributed by atoms with Crippen LogP contribution in [0.25, 0.3) is 0 Å². The number of amides is 2. The van der Waals surface area contributed by atoms with E-state index in [9.17, 15) is 9.90 Å². The molecule has 0 bridgehead atoms. The van der Waals surface area contributed by atoms with Crippen molar-refractivity contribution in [2.24, 2.45) is 5.73 Å². The maximum absolute atomic E-state index is 11.2. The number of primary amides is 1. The lowest BCUT2D eigenvalue weighted by atomic mass is 10.1.